The number of carbonyl (C=O) groups is 2. The lowest BCUT2D eigenvalue weighted by atomic mass is 9.90. The number of aryl methyl sites for hydroxylation is 2. The van der Waals surface area contributed by atoms with E-state index < -0.39 is 0 Å². The van der Waals surface area contributed by atoms with Crippen molar-refractivity contribution in [2.24, 2.45) is 5.92 Å². The lowest BCUT2D eigenvalue weighted by Crippen LogP contribution is -2.38. The first-order valence-electron chi connectivity index (χ1n) is 9.22. The van der Waals surface area contributed by atoms with Gasteiger partial charge in [0.1, 0.15) is 0 Å². The summed E-state index contributed by atoms with van der Waals surface area (Å²) in [6, 6.07) is 5.76. The van der Waals surface area contributed by atoms with Gasteiger partial charge in [0, 0.05) is 24.4 Å². The smallest absolute Gasteiger partial charge is 0.238 e. The van der Waals surface area contributed by atoms with E-state index in [1.165, 1.54) is 5.56 Å². The van der Waals surface area contributed by atoms with E-state index in [0.29, 0.717) is 0 Å². The van der Waals surface area contributed by atoms with Crippen molar-refractivity contribution in [1.29, 1.82) is 0 Å². The number of allylic oxidation sites excluding steroid dienone is 4. The molecule has 1 atom stereocenters. The van der Waals surface area contributed by atoms with Gasteiger partial charge in [-0.05, 0) is 62.9 Å². The van der Waals surface area contributed by atoms with Crippen molar-refractivity contribution in [2.75, 3.05) is 5.32 Å². The molecule has 1 aliphatic carbocycles. The maximum absolute atomic E-state index is 12.0. The van der Waals surface area contributed by atoms with E-state index in [1.54, 1.807) is 0 Å². The quantitative estimate of drug-likeness (QED) is 0.503. The molecule has 1 aromatic carbocycles. The first kappa shape index (κ1) is 20.5. The summed E-state index contributed by atoms with van der Waals surface area (Å²) in [5.74, 6) is -0.128. The molecule has 27 heavy (non-hydrogen) atoms. The summed E-state index contributed by atoms with van der Waals surface area (Å²) in [6.45, 7) is 12.0. The predicted molar refractivity (Wildman–Crippen MR) is 110 cm³/mol. The summed E-state index contributed by atoms with van der Waals surface area (Å²) >= 11 is 0. The minimum absolute atomic E-state index is 0.115. The molecular weight excluding hydrogens is 338 g/mol. The third-order valence-electron chi connectivity index (χ3n) is 4.81. The molecule has 0 fully saturated rings. The lowest BCUT2D eigenvalue weighted by molar-refractivity contribution is -0.124. The van der Waals surface area contributed by atoms with Crippen molar-refractivity contribution in [2.45, 2.75) is 47.0 Å². The molecule has 0 bridgehead atoms. The van der Waals surface area contributed by atoms with E-state index in [4.69, 9.17) is 0 Å². The number of hydrogen-bond donors (Lipinski definition) is 3. The van der Waals surface area contributed by atoms with Crippen molar-refractivity contribution in [3.63, 3.8) is 0 Å². The topological polar surface area (TPSA) is 70.2 Å². The van der Waals surface area contributed by atoms with Gasteiger partial charge in [0.25, 0.3) is 0 Å². The Kier molecular flexibility index (Phi) is 6.99. The lowest BCUT2D eigenvalue weighted by Gasteiger charge is -2.21. The third kappa shape index (κ3) is 6.13. The Labute approximate surface area is 161 Å². The van der Waals surface area contributed by atoms with Gasteiger partial charge in [-0.15, -0.1) is 0 Å². The van der Waals surface area contributed by atoms with E-state index in [9.17, 15) is 9.59 Å². The number of hydrazine groups is 1. The monoisotopic (exact) mass is 367 g/mol. The molecule has 0 aliphatic heterocycles. The summed E-state index contributed by atoms with van der Waals surface area (Å²) in [4.78, 5) is 24.1. The number of nitrogens with one attached hydrogen (secondary N) is 3. The number of anilines is 1. The minimum Gasteiger partial charge on any atom is -0.326 e. The molecule has 0 saturated carbocycles. The number of amides is 2. The zero-order valence-electron chi connectivity index (χ0n) is 16.6. The fraction of sp³-hybridized carbons (Fsp3) is 0.364. The fourth-order valence-corrected chi connectivity index (χ4v) is 2.77. The van der Waals surface area contributed by atoms with Crippen molar-refractivity contribution in [1.82, 2.24) is 10.9 Å². The molecule has 0 unspecified atom stereocenters. The number of carbonyl (C=O) groups excluding carboxylic acids is 2. The SMILES string of the molecule is C=C(C)[C@@H]1C=C(NNC(=O)CCC(=O)Nc2ccc(C)c(C)c2)C(C)=CC1. The van der Waals surface area contributed by atoms with Gasteiger partial charge in [-0.25, -0.2) is 0 Å². The van der Waals surface area contributed by atoms with Crippen LogP contribution in [0.15, 0.2) is 53.8 Å². The largest absolute Gasteiger partial charge is 0.326 e. The molecule has 144 valence electrons. The van der Waals surface area contributed by atoms with E-state index >= 15 is 0 Å². The first-order valence-corrected chi connectivity index (χ1v) is 9.22. The van der Waals surface area contributed by atoms with E-state index in [1.807, 2.05) is 45.9 Å². The van der Waals surface area contributed by atoms with Gasteiger partial charge in [0.05, 0.1) is 5.70 Å². The number of benzene rings is 1. The molecule has 2 rings (SSSR count). The summed E-state index contributed by atoms with van der Waals surface area (Å²) in [5, 5.41) is 2.83. The van der Waals surface area contributed by atoms with Crippen LogP contribution in [0.3, 0.4) is 0 Å². The molecular formula is C22H29N3O2. The average molecular weight is 367 g/mol. The Hall–Kier alpha value is -2.82. The standard InChI is InChI=1S/C22H29N3O2/c1-14(2)18-8-6-16(4)20(13-18)24-25-22(27)11-10-21(26)23-19-9-7-15(3)17(5)12-19/h6-7,9,12-13,18,24H,1,8,10-11H2,2-5H3,(H,23,26)(H,25,27)/t18-/m0/s1. The summed E-state index contributed by atoms with van der Waals surface area (Å²) < 4.78 is 0. The molecule has 0 heterocycles. The summed E-state index contributed by atoms with van der Waals surface area (Å²) in [5.41, 5.74) is 11.7. The van der Waals surface area contributed by atoms with Crippen molar-refractivity contribution in [3.05, 3.63) is 64.9 Å². The zero-order valence-corrected chi connectivity index (χ0v) is 16.6. The van der Waals surface area contributed by atoms with Gasteiger partial charge in [-0.1, -0.05) is 30.4 Å². The fourth-order valence-electron chi connectivity index (χ4n) is 2.77. The average Bonchev–Trinajstić information content (AvgIpc) is 2.62. The summed E-state index contributed by atoms with van der Waals surface area (Å²) in [6.07, 6.45) is 5.38. The minimum atomic E-state index is -0.226. The van der Waals surface area contributed by atoms with Crippen molar-refractivity contribution < 1.29 is 9.59 Å². The Morgan fingerprint density at radius 3 is 2.48 bits per heavy atom. The van der Waals surface area contributed by atoms with Crippen LogP contribution in [0.1, 0.15) is 44.2 Å². The van der Waals surface area contributed by atoms with Crippen LogP contribution in [0.25, 0.3) is 0 Å². The van der Waals surface area contributed by atoms with Crippen LogP contribution >= 0.6 is 0 Å². The van der Waals surface area contributed by atoms with Gasteiger partial charge < -0.3 is 5.32 Å². The maximum atomic E-state index is 12.0. The Bertz CT molecular complexity index is 806. The molecule has 2 amide bonds. The highest BCUT2D eigenvalue weighted by atomic mass is 16.2. The van der Waals surface area contributed by atoms with Gasteiger partial charge in [0.15, 0.2) is 0 Å². The second kappa shape index (κ2) is 9.21. The Morgan fingerprint density at radius 2 is 1.81 bits per heavy atom. The number of rotatable bonds is 7. The first-order chi connectivity index (χ1) is 12.8. The van der Waals surface area contributed by atoms with E-state index in [0.717, 1.165) is 34.5 Å². The zero-order chi connectivity index (χ0) is 20.0. The van der Waals surface area contributed by atoms with Gasteiger partial charge in [-0.3, -0.25) is 20.4 Å². The molecule has 3 N–H and O–H groups in total. The van der Waals surface area contributed by atoms with Gasteiger partial charge in [0.2, 0.25) is 11.8 Å². The molecule has 0 saturated heterocycles. The van der Waals surface area contributed by atoms with Crippen LogP contribution < -0.4 is 16.2 Å². The summed E-state index contributed by atoms with van der Waals surface area (Å²) in [7, 11) is 0. The number of hydrogen-bond acceptors (Lipinski definition) is 3. The second-order valence-corrected chi connectivity index (χ2v) is 7.18. The highest BCUT2D eigenvalue weighted by Crippen LogP contribution is 2.25. The third-order valence-corrected chi connectivity index (χ3v) is 4.81. The highest BCUT2D eigenvalue weighted by Gasteiger charge is 2.14. The predicted octanol–water partition coefficient (Wildman–Crippen LogP) is 4.07. The molecule has 0 spiro atoms. The van der Waals surface area contributed by atoms with Crippen molar-refractivity contribution in [3.8, 4) is 0 Å². The Morgan fingerprint density at radius 1 is 1.11 bits per heavy atom. The van der Waals surface area contributed by atoms with E-state index in [-0.39, 0.29) is 30.6 Å². The normalized spacial score (nSPS) is 16.1. The van der Waals surface area contributed by atoms with Crippen LogP contribution in [-0.2, 0) is 9.59 Å². The van der Waals surface area contributed by atoms with Crippen molar-refractivity contribution >= 4 is 17.5 Å². The van der Waals surface area contributed by atoms with E-state index in [2.05, 4.69) is 34.9 Å². The van der Waals surface area contributed by atoms with Crippen LogP contribution in [0.4, 0.5) is 5.69 Å². The second-order valence-electron chi connectivity index (χ2n) is 7.18. The molecule has 5 nitrogen and oxygen atoms in total. The van der Waals surface area contributed by atoms with Crippen LogP contribution in [0, 0.1) is 19.8 Å². The Balaban J connectivity index is 1.78. The molecule has 0 aromatic heterocycles. The molecule has 5 heteroatoms. The molecule has 0 radical (unpaired) electrons. The molecule has 1 aromatic rings. The molecule has 1 aliphatic rings. The highest BCUT2D eigenvalue weighted by molar-refractivity contribution is 5.93. The van der Waals surface area contributed by atoms with Gasteiger partial charge >= 0.3 is 0 Å². The van der Waals surface area contributed by atoms with Crippen LogP contribution in [-0.4, -0.2) is 11.8 Å². The van der Waals surface area contributed by atoms with Gasteiger partial charge in [-0.2, -0.15) is 0 Å². The van der Waals surface area contributed by atoms with Crippen LogP contribution in [0.2, 0.25) is 0 Å². The van der Waals surface area contributed by atoms with Crippen LogP contribution in [0.5, 0.6) is 0 Å². The maximum Gasteiger partial charge on any atom is 0.238 e.